The quantitative estimate of drug-likeness (QED) is 0.617. The number of aliphatic carboxylic acids is 1. The minimum absolute atomic E-state index is 0.397. The van der Waals surface area contributed by atoms with Gasteiger partial charge in [-0.05, 0) is 26.3 Å². The number of primary amides is 1. The highest BCUT2D eigenvalue weighted by Crippen LogP contribution is 2.19. The zero-order chi connectivity index (χ0) is 10.0. The maximum atomic E-state index is 10.9. The fourth-order valence-electron chi connectivity index (χ4n) is 1.70. The molecule has 5 heteroatoms. The van der Waals surface area contributed by atoms with Crippen LogP contribution in [0.25, 0.3) is 0 Å². The minimum Gasteiger partial charge on any atom is -0.480 e. The maximum absolute atomic E-state index is 10.9. The number of rotatable bonds is 3. The van der Waals surface area contributed by atoms with E-state index in [1.54, 1.807) is 11.8 Å². The molecule has 0 saturated carbocycles. The van der Waals surface area contributed by atoms with Crippen molar-refractivity contribution in [3.8, 4) is 0 Å². The van der Waals surface area contributed by atoms with Gasteiger partial charge in [0.2, 0.25) is 5.91 Å². The van der Waals surface area contributed by atoms with E-state index < -0.39 is 24.0 Å². The molecule has 1 heterocycles. The second-order valence-corrected chi connectivity index (χ2v) is 3.31. The van der Waals surface area contributed by atoms with Crippen LogP contribution in [0.1, 0.15) is 19.8 Å². The first-order valence-electron chi connectivity index (χ1n) is 4.32. The Kier molecular flexibility index (Phi) is 2.87. The average Bonchev–Trinajstić information content (AvgIpc) is 2.50. The van der Waals surface area contributed by atoms with Crippen LogP contribution in [0.15, 0.2) is 0 Å². The Morgan fingerprint density at radius 2 is 2.23 bits per heavy atom. The standard InChI is InChI=1S/C8H14N2O3/c1-5(8(12)13)10-4-2-3-6(10)7(9)11/h5-6H,2-4H2,1H3,(H2,9,11)(H,12,13). The summed E-state index contributed by atoms with van der Waals surface area (Å²) in [4.78, 5) is 23.2. The first-order chi connectivity index (χ1) is 6.04. The number of hydrogen-bond donors (Lipinski definition) is 2. The molecule has 2 atom stereocenters. The van der Waals surface area contributed by atoms with E-state index in [-0.39, 0.29) is 0 Å². The molecule has 0 spiro atoms. The van der Waals surface area contributed by atoms with Gasteiger partial charge in [0, 0.05) is 0 Å². The number of amides is 1. The largest absolute Gasteiger partial charge is 0.480 e. The van der Waals surface area contributed by atoms with Gasteiger partial charge in [-0.25, -0.2) is 0 Å². The van der Waals surface area contributed by atoms with E-state index in [0.29, 0.717) is 13.0 Å². The smallest absolute Gasteiger partial charge is 0.320 e. The number of nitrogens with two attached hydrogens (primary N) is 1. The van der Waals surface area contributed by atoms with Gasteiger partial charge < -0.3 is 10.8 Å². The molecule has 1 fully saturated rings. The highest BCUT2D eigenvalue weighted by molar-refractivity contribution is 5.81. The predicted molar refractivity (Wildman–Crippen MR) is 46.0 cm³/mol. The second kappa shape index (κ2) is 3.74. The highest BCUT2D eigenvalue weighted by Gasteiger charge is 2.34. The SMILES string of the molecule is CC(C(=O)O)N1CCCC1C(N)=O. The fourth-order valence-corrected chi connectivity index (χ4v) is 1.70. The van der Waals surface area contributed by atoms with E-state index in [9.17, 15) is 9.59 Å². The normalized spacial score (nSPS) is 25.8. The Bertz CT molecular complexity index is 229. The van der Waals surface area contributed by atoms with Gasteiger partial charge in [-0.15, -0.1) is 0 Å². The Morgan fingerprint density at radius 1 is 1.62 bits per heavy atom. The summed E-state index contributed by atoms with van der Waals surface area (Å²) in [5, 5.41) is 8.75. The lowest BCUT2D eigenvalue weighted by molar-refractivity contribution is -0.143. The molecule has 1 amide bonds. The van der Waals surface area contributed by atoms with E-state index in [2.05, 4.69) is 0 Å². The molecule has 1 aliphatic heterocycles. The summed E-state index contributed by atoms with van der Waals surface area (Å²) in [6, 6.07) is -1.02. The Labute approximate surface area is 76.5 Å². The lowest BCUT2D eigenvalue weighted by Gasteiger charge is -2.25. The van der Waals surface area contributed by atoms with Crippen molar-refractivity contribution in [2.24, 2.45) is 5.73 Å². The van der Waals surface area contributed by atoms with E-state index in [1.165, 1.54) is 0 Å². The molecule has 0 radical (unpaired) electrons. The monoisotopic (exact) mass is 186 g/mol. The number of carboxylic acid groups (broad SMARTS) is 1. The number of carbonyl (C=O) groups excluding carboxylic acids is 1. The van der Waals surface area contributed by atoms with Crippen LogP contribution in [0.5, 0.6) is 0 Å². The van der Waals surface area contributed by atoms with Crippen LogP contribution in [0.2, 0.25) is 0 Å². The highest BCUT2D eigenvalue weighted by atomic mass is 16.4. The zero-order valence-corrected chi connectivity index (χ0v) is 7.56. The molecule has 3 N–H and O–H groups in total. The molecule has 0 bridgehead atoms. The van der Waals surface area contributed by atoms with Gasteiger partial charge in [0.05, 0.1) is 6.04 Å². The van der Waals surface area contributed by atoms with Gasteiger partial charge in [0.25, 0.3) is 0 Å². The van der Waals surface area contributed by atoms with Crippen LogP contribution in [0.4, 0.5) is 0 Å². The van der Waals surface area contributed by atoms with Gasteiger partial charge >= 0.3 is 5.97 Å². The Hall–Kier alpha value is -1.10. The summed E-state index contributed by atoms with van der Waals surface area (Å²) in [7, 11) is 0. The molecule has 2 unspecified atom stereocenters. The van der Waals surface area contributed by atoms with Gasteiger partial charge in [0.1, 0.15) is 6.04 Å². The molecule has 74 valence electrons. The van der Waals surface area contributed by atoms with Crippen molar-refractivity contribution in [3.05, 3.63) is 0 Å². The van der Waals surface area contributed by atoms with Crippen molar-refractivity contribution in [2.75, 3.05) is 6.54 Å². The van der Waals surface area contributed by atoms with Crippen LogP contribution in [-0.2, 0) is 9.59 Å². The summed E-state index contributed by atoms with van der Waals surface area (Å²) >= 11 is 0. The van der Waals surface area contributed by atoms with Crippen LogP contribution in [0, 0.1) is 0 Å². The number of carboxylic acids is 1. The second-order valence-electron chi connectivity index (χ2n) is 3.31. The number of likely N-dealkylation sites (tertiary alicyclic amines) is 1. The van der Waals surface area contributed by atoms with E-state index in [4.69, 9.17) is 10.8 Å². The lowest BCUT2D eigenvalue weighted by atomic mass is 10.2. The molecule has 0 aromatic carbocycles. The van der Waals surface area contributed by atoms with Crippen molar-refractivity contribution in [3.63, 3.8) is 0 Å². The average molecular weight is 186 g/mol. The van der Waals surface area contributed by atoms with E-state index in [0.717, 1.165) is 6.42 Å². The molecule has 1 rings (SSSR count). The van der Waals surface area contributed by atoms with Crippen molar-refractivity contribution < 1.29 is 14.7 Å². The van der Waals surface area contributed by atoms with Gasteiger partial charge in [0.15, 0.2) is 0 Å². The van der Waals surface area contributed by atoms with Gasteiger partial charge in [-0.2, -0.15) is 0 Å². The van der Waals surface area contributed by atoms with Gasteiger partial charge in [-0.1, -0.05) is 0 Å². The molecular weight excluding hydrogens is 172 g/mol. The van der Waals surface area contributed by atoms with Crippen molar-refractivity contribution in [2.45, 2.75) is 31.8 Å². The third-order valence-electron chi connectivity index (χ3n) is 2.48. The van der Waals surface area contributed by atoms with Crippen molar-refractivity contribution in [1.82, 2.24) is 4.90 Å². The fraction of sp³-hybridized carbons (Fsp3) is 0.750. The van der Waals surface area contributed by atoms with Crippen LogP contribution in [-0.4, -0.2) is 40.5 Å². The number of nitrogens with zero attached hydrogens (tertiary/aromatic N) is 1. The summed E-state index contributed by atoms with van der Waals surface area (Å²) in [5.74, 6) is -1.33. The minimum atomic E-state index is -0.909. The lowest BCUT2D eigenvalue weighted by Crippen LogP contribution is -2.47. The first-order valence-corrected chi connectivity index (χ1v) is 4.32. The summed E-state index contributed by atoms with van der Waals surface area (Å²) in [5.41, 5.74) is 5.15. The molecular formula is C8H14N2O3. The molecule has 1 aliphatic rings. The summed E-state index contributed by atoms with van der Waals surface area (Å²) < 4.78 is 0. The van der Waals surface area contributed by atoms with Crippen molar-refractivity contribution >= 4 is 11.9 Å². The Morgan fingerprint density at radius 3 is 2.69 bits per heavy atom. The third kappa shape index (κ3) is 1.98. The molecule has 0 aliphatic carbocycles. The zero-order valence-electron chi connectivity index (χ0n) is 7.56. The summed E-state index contributed by atoms with van der Waals surface area (Å²) in [6.45, 7) is 2.21. The Balaban J connectivity index is 2.68. The molecule has 0 aromatic rings. The van der Waals surface area contributed by atoms with E-state index in [1.807, 2.05) is 0 Å². The van der Waals surface area contributed by atoms with Crippen LogP contribution >= 0.6 is 0 Å². The number of hydrogen-bond acceptors (Lipinski definition) is 3. The molecule has 1 saturated heterocycles. The maximum Gasteiger partial charge on any atom is 0.320 e. The topological polar surface area (TPSA) is 83.6 Å². The van der Waals surface area contributed by atoms with Crippen molar-refractivity contribution in [1.29, 1.82) is 0 Å². The van der Waals surface area contributed by atoms with Crippen LogP contribution in [0.3, 0.4) is 0 Å². The molecule has 13 heavy (non-hydrogen) atoms. The third-order valence-corrected chi connectivity index (χ3v) is 2.48. The molecule has 0 aromatic heterocycles. The molecule has 5 nitrogen and oxygen atoms in total. The number of carbonyl (C=O) groups is 2. The first kappa shape index (κ1) is 9.98. The predicted octanol–water partition coefficient (Wildman–Crippen LogP) is -0.591. The van der Waals surface area contributed by atoms with E-state index >= 15 is 0 Å². The van der Waals surface area contributed by atoms with Gasteiger partial charge in [-0.3, -0.25) is 14.5 Å². The van der Waals surface area contributed by atoms with Crippen LogP contribution < -0.4 is 5.73 Å². The summed E-state index contributed by atoms with van der Waals surface area (Å²) in [6.07, 6.45) is 1.51.